The van der Waals surface area contributed by atoms with E-state index in [1.54, 1.807) is 30.3 Å². The average molecular weight is 636 g/mol. The Balaban J connectivity index is 1.59. The number of hydrogen-bond donors (Lipinski definition) is 3. The van der Waals surface area contributed by atoms with Gasteiger partial charge in [-0.05, 0) is 58.7 Å². The van der Waals surface area contributed by atoms with Crippen molar-refractivity contribution in [3.63, 3.8) is 0 Å². The second kappa shape index (κ2) is 10.3. The molecule has 1 aliphatic heterocycles. The van der Waals surface area contributed by atoms with Crippen LogP contribution in [0.4, 0.5) is 10.5 Å². The topological polar surface area (TPSA) is 114 Å². The fourth-order valence-corrected chi connectivity index (χ4v) is 6.38. The molecule has 3 N–H and O–H groups in total. The molecule has 0 aromatic heterocycles. The van der Waals surface area contributed by atoms with E-state index >= 15 is 0 Å². The molecule has 1 saturated heterocycles. The Hall–Kier alpha value is -1.65. The number of halogens is 3. The Morgan fingerprint density at radius 2 is 1.90 bits per heavy atom. The quantitative estimate of drug-likeness (QED) is 0.416. The number of nitriles is 1. The number of amides is 2. The van der Waals surface area contributed by atoms with Crippen LogP contribution in [0, 0.1) is 11.5 Å². The summed E-state index contributed by atoms with van der Waals surface area (Å²) in [5, 5.41) is 14.9. The molecule has 0 saturated carbocycles. The van der Waals surface area contributed by atoms with Gasteiger partial charge in [0.2, 0.25) is 10.0 Å². The zero-order valence-corrected chi connectivity index (χ0v) is 21.6. The molecule has 3 rings (SSSR count). The van der Waals surface area contributed by atoms with Gasteiger partial charge in [0.25, 0.3) is 0 Å². The first-order chi connectivity index (χ1) is 14.7. The van der Waals surface area contributed by atoms with Crippen molar-refractivity contribution in [2.75, 3.05) is 18.4 Å². The molecule has 12 heteroatoms. The standard InChI is InChI=1S/C19H18Br3N5O3S/c20-12-2-1-3-14(6-12)25-19(28)24-9-16-8-15(10-27(16)11-23)26-31(29,30)18-7-13(21)4-5-17(18)22/h1-7,15-16,26H,8-10H2,(H2,24,25,28)/t15-,16-/m1/s1. The van der Waals surface area contributed by atoms with Gasteiger partial charge in [-0.1, -0.05) is 37.9 Å². The molecule has 2 aromatic rings. The Kier molecular flexibility index (Phi) is 7.98. The minimum Gasteiger partial charge on any atom is -0.336 e. The molecule has 0 unspecified atom stereocenters. The number of sulfonamides is 1. The zero-order valence-electron chi connectivity index (χ0n) is 16.0. The van der Waals surface area contributed by atoms with E-state index in [4.69, 9.17) is 0 Å². The predicted molar refractivity (Wildman–Crippen MR) is 128 cm³/mol. The van der Waals surface area contributed by atoms with Crippen LogP contribution in [0.5, 0.6) is 0 Å². The first kappa shape index (κ1) is 24.0. The van der Waals surface area contributed by atoms with Crippen molar-refractivity contribution < 1.29 is 13.2 Å². The first-order valence-corrected chi connectivity index (χ1v) is 13.0. The number of rotatable bonds is 6. The second-order valence-electron chi connectivity index (χ2n) is 6.88. The summed E-state index contributed by atoms with van der Waals surface area (Å²) < 4.78 is 30.2. The second-order valence-corrected chi connectivity index (χ2v) is 11.2. The van der Waals surface area contributed by atoms with Crippen LogP contribution in [-0.2, 0) is 10.0 Å². The minimum atomic E-state index is -3.80. The van der Waals surface area contributed by atoms with Crippen molar-refractivity contribution >= 4 is 69.5 Å². The zero-order chi connectivity index (χ0) is 22.6. The highest BCUT2D eigenvalue weighted by atomic mass is 79.9. The predicted octanol–water partition coefficient (Wildman–Crippen LogP) is 4.00. The Morgan fingerprint density at radius 3 is 2.61 bits per heavy atom. The molecule has 8 nitrogen and oxygen atoms in total. The van der Waals surface area contributed by atoms with Crippen molar-refractivity contribution in [1.82, 2.24) is 14.9 Å². The highest BCUT2D eigenvalue weighted by Gasteiger charge is 2.35. The molecule has 0 spiro atoms. The molecule has 0 radical (unpaired) electrons. The number of urea groups is 1. The van der Waals surface area contributed by atoms with E-state index in [9.17, 15) is 18.5 Å². The molecule has 2 amide bonds. The number of nitrogens with zero attached hydrogens (tertiary/aromatic N) is 2. The molecule has 0 bridgehead atoms. The summed E-state index contributed by atoms with van der Waals surface area (Å²) >= 11 is 9.89. The summed E-state index contributed by atoms with van der Waals surface area (Å²) in [5.74, 6) is 0. The Morgan fingerprint density at radius 1 is 1.16 bits per heavy atom. The van der Waals surface area contributed by atoms with Gasteiger partial charge in [-0.3, -0.25) is 0 Å². The normalized spacial score (nSPS) is 18.5. The fourth-order valence-electron chi connectivity index (χ4n) is 3.24. The minimum absolute atomic E-state index is 0.111. The molecule has 31 heavy (non-hydrogen) atoms. The van der Waals surface area contributed by atoms with Crippen LogP contribution in [0.25, 0.3) is 0 Å². The third-order valence-corrected chi connectivity index (χ3v) is 8.13. The highest BCUT2D eigenvalue weighted by molar-refractivity contribution is 9.11. The molecule has 164 valence electrons. The highest BCUT2D eigenvalue weighted by Crippen LogP contribution is 2.27. The largest absolute Gasteiger partial charge is 0.336 e. The third kappa shape index (κ3) is 6.43. The van der Waals surface area contributed by atoms with Gasteiger partial charge in [0, 0.05) is 38.2 Å². The lowest BCUT2D eigenvalue weighted by Gasteiger charge is -2.18. The monoisotopic (exact) mass is 633 g/mol. The smallest absolute Gasteiger partial charge is 0.319 e. The summed E-state index contributed by atoms with van der Waals surface area (Å²) in [6.45, 7) is 0.424. The molecule has 1 fully saturated rings. The number of carbonyl (C=O) groups excluding carboxylic acids is 1. The summed E-state index contributed by atoms with van der Waals surface area (Å²) in [6.07, 6.45) is 2.46. The number of carbonyl (C=O) groups is 1. The van der Waals surface area contributed by atoms with Crippen molar-refractivity contribution in [2.45, 2.75) is 23.4 Å². The van der Waals surface area contributed by atoms with Crippen LogP contribution in [-0.4, -0.2) is 44.5 Å². The SMILES string of the molecule is N#CN1C[C@H](NS(=O)(=O)c2cc(Br)ccc2Br)C[C@@H]1CNC(=O)Nc1cccc(Br)c1. The van der Waals surface area contributed by atoms with Crippen LogP contribution in [0.2, 0.25) is 0 Å². The van der Waals surface area contributed by atoms with Gasteiger partial charge in [-0.25, -0.2) is 17.9 Å². The van der Waals surface area contributed by atoms with Gasteiger partial charge in [0.15, 0.2) is 6.19 Å². The summed E-state index contributed by atoms with van der Waals surface area (Å²) in [6, 6.07) is 10.9. The maximum atomic E-state index is 12.8. The van der Waals surface area contributed by atoms with Gasteiger partial charge in [-0.15, -0.1) is 0 Å². The van der Waals surface area contributed by atoms with E-state index in [-0.39, 0.29) is 24.0 Å². The van der Waals surface area contributed by atoms with Crippen LogP contribution in [0.3, 0.4) is 0 Å². The molecule has 1 aliphatic rings. The summed E-state index contributed by atoms with van der Waals surface area (Å²) in [4.78, 5) is 13.8. The van der Waals surface area contributed by atoms with Crippen LogP contribution in [0.15, 0.2) is 60.8 Å². The maximum absolute atomic E-state index is 12.8. The molecule has 0 aliphatic carbocycles. The fraction of sp³-hybridized carbons (Fsp3) is 0.263. The lowest BCUT2D eigenvalue weighted by Crippen LogP contribution is -2.39. The van der Waals surface area contributed by atoms with Crippen molar-refractivity contribution in [3.8, 4) is 6.19 Å². The first-order valence-electron chi connectivity index (χ1n) is 9.12. The number of likely N-dealkylation sites (tertiary alicyclic amines) is 1. The molecular weight excluding hydrogens is 618 g/mol. The van der Waals surface area contributed by atoms with E-state index in [1.807, 2.05) is 6.07 Å². The molecule has 2 atom stereocenters. The number of hydrogen-bond acceptors (Lipinski definition) is 5. The Labute approximate surface area is 205 Å². The third-order valence-electron chi connectivity index (χ3n) is 4.63. The van der Waals surface area contributed by atoms with E-state index in [0.717, 1.165) is 4.47 Å². The van der Waals surface area contributed by atoms with Crippen LogP contribution >= 0.6 is 47.8 Å². The number of nitrogens with one attached hydrogen (secondary N) is 3. The molecular formula is C19H18Br3N5O3S. The van der Waals surface area contributed by atoms with Crippen molar-refractivity contribution in [2.24, 2.45) is 0 Å². The average Bonchev–Trinajstić information content (AvgIpc) is 3.09. The maximum Gasteiger partial charge on any atom is 0.319 e. The number of benzene rings is 2. The lowest BCUT2D eigenvalue weighted by molar-refractivity contribution is 0.248. The van der Waals surface area contributed by atoms with E-state index in [1.165, 1.54) is 11.0 Å². The van der Waals surface area contributed by atoms with Crippen LogP contribution < -0.4 is 15.4 Å². The van der Waals surface area contributed by atoms with Gasteiger partial charge >= 0.3 is 6.03 Å². The van der Waals surface area contributed by atoms with Gasteiger partial charge in [-0.2, -0.15) is 5.26 Å². The summed E-state index contributed by atoms with van der Waals surface area (Å²) in [7, 11) is -3.80. The van der Waals surface area contributed by atoms with Gasteiger partial charge in [0.05, 0.1) is 10.9 Å². The van der Waals surface area contributed by atoms with Gasteiger partial charge in [0.1, 0.15) is 0 Å². The van der Waals surface area contributed by atoms with Crippen LogP contribution in [0.1, 0.15) is 6.42 Å². The van der Waals surface area contributed by atoms with Crippen molar-refractivity contribution in [1.29, 1.82) is 5.26 Å². The van der Waals surface area contributed by atoms with Crippen molar-refractivity contribution in [3.05, 3.63) is 55.9 Å². The van der Waals surface area contributed by atoms with E-state index < -0.39 is 22.1 Å². The summed E-state index contributed by atoms with van der Waals surface area (Å²) in [5.41, 5.74) is 0.626. The number of anilines is 1. The van der Waals surface area contributed by atoms with Gasteiger partial charge < -0.3 is 15.5 Å². The molecule has 2 aromatic carbocycles. The molecule has 1 heterocycles. The van der Waals surface area contributed by atoms with E-state index in [2.05, 4.69) is 69.3 Å². The van der Waals surface area contributed by atoms with E-state index in [0.29, 0.717) is 21.1 Å². The lowest BCUT2D eigenvalue weighted by atomic mass is 10.2. The Bertz CT molecular complexity index is 1120.